The molecule has 1 rings (SSSR count). The van der Waals surface area contributed by atoms with Crippen molar-refractivity contribution in [1.29, 1.82) is 0 Å². The number of benzene rings is 1. The number of para-hydroxylation sites is 1. The van der Waals surface area contributed by atoms with Crippen LogP contribution in [0.25, 0.3) is 6.08 Å². The molecule has 0 bridgehead atoms. The minimum absolute atomic E-state index is 0.157. The van der Waals surface area contributed by atoms with Crippen molar-refractivity contribution in [3.8, 4) is 0 Å². The third-order valence-electron chi connectivity index (χ3n) is 2.35. The molecule has 0 aliphatic rings. The van der Waals surface area contributed by atoms with E-state index in [1.54, 1.807) is 12.1 Å². The van der Waals surface area contributed by atoms with Gasteiger partial charge in [-0.2, -0.15) is 0 Å². The molecule has 0 heterocycles. The molecule has 0 saturated carbocycles. The van der Waals surface area contributed by atoms with Crippen LogP contribution in [-0.4, -0.2) is 18.5 Å². The third-order valence-corrected chi connectivity index (χ3v) is 2.35. The van der Waals surface area contributed by atoms with Gasteiger partial charge in [0.15, 0.2) is 0 Å². The van der Waals surface area contributed by atoms with Crippen LogP contribution >= 0.6 is 0 Å². The molecular weight excluding hydrogens is 204 g/mol. The first-order chi connectivity index (χ1) is 7.69. The van der Waals surface area contributed by atoms with Crippen LogP contribution in [0.1, 0.15) is 18.9 Å². The second kappa shape index (κ2) is 6.02. The highest BCUT2D eigenvalue weighted by molar-refractivity contribution is 5.63. The predicted molar refractivity (Wildman–Crippen MR) is 65.3 cm³/mol. The molecule has 1 aromatic rings. The van der Waals surface area contributed by atoms with Crippen molar-refractivity contribution in [2.45, 2.75) is 13.3 Å². The van der Waals surface area contributed by atoms with Gasteiger partial charge in [0.05, 0.1) is 10.5 Å². The summed E-state index contributed by atoms with van der Waals surface area (Å²) in [6.07, 6.45) is 2.77. The van der Waals surface area contributed by atoms with Crippen LogP contribution < -0.4 is 5.32 Å². The second-order valence-corrected chi connectivity index (χ2v) is 3.50. The van der Waals surface area contributed by atoms with E-state index >= 15 is 0 Å². The molecule has 0 spiro atoms. The predicted octanol–water partition coefficient (Wildman–Crippen LogP) is 2.61. The highest BCUT2D eigenvalue weighted by atomic mass is 16.6. The Bertz CT molecular complexity index is 400. The molecule has 0 unspecified atom stereocenters. The Morgan fingerprint density at radius 3 is 2.75 bits per heavy atom. The molecule has 0 amide bonds. The monoisotopic (exact) mass is 220 g/mol. The topological polar surface area (TPSA) is 55.2 Å². The van der Waals surface area contributed by atoms with E-state index in [1.165, 1.54) is 6.07 Å². The molecule has 86 valence electrons. The Labute approximate surface area is 95.1 Å². The zero-order chi connectivity index (χ0) is 12.0. The SMILES string of the molecule is CCC(=Cc1ccccc1[N+](=O)[O-])CNC. The smallest absolute Gasteiger partial charge is 0.276 e. The van der Waals surface area contributed by atoms with E-state index in [2.05, 4.69) is 5.32 Å². The summed E-state index contributed by atoms with van der Waals surface area (Å²) in [7, 11) is 1.86. The van der Waals surface area contributed by atoms with Crippen LogP contribution in [0.15, 0.2) is 29.8 Å². The largest absolute Gasteiger partial charge is 0.316 e. The Morgan fingerprint density at radius 2 is 2.19 bits per heavy atom. The Balaban J connectivity index is 3.07. The average Bonchev–Trinajstić information content (AvgIpc) is 2.29. The van der Waals surface area contributed by atoms with Gasteiger partial charge in [-0.15, -0.1) is 0 Å². The molecule has 4 nitrogen and oxygen atoms in total. The summed E-state index contributed by atoms with van der Waals surface area (Å²) >= 11 is 0. The summed E-state index contributed by atoms with van der Waals surface area (Å²) in [5.74, 6) is 0. The van der Waals surface area contributed by atoms with Crippen molar-refractivity contribution < 1.29 is 4.92 Å². The van der Waals surface area contributed by atoms with Gasteiger partial charge < -0.3 is 5.32 Å². The van der Waals surface area contributed by atoms with Crippen LogP contribution in [-0.2, 0) is 0 Å². The molecule has 0 aromatic heterocycles. The van der Waals surface area contributed by atoms with Crippen molar-refractivity contribution in [1.82, 2.24) is 5.32 Å². The molecule has 0 saturated heterocycles. The van der Waals surface area contributed by atoms with E-state index in [0.29, 0.717) is 5.56 Å². The molecule has 0 aliphatic heterocycles. The average molecular weight is 220 g/mol. The third kappa shape index (κ3) is 3.17. The number of likely N-dealkylation sites (N-methyl/N-ethyl adjacent to an activating group) is 1. The van der Waals surface area contributed by atoms with Crippen molar-refractivity contribution in [3.63, 3.8) is 0 Å². The first kappa shape index (κ1) is 12.4. The van der Waals surface area contributed by atoms with E-state index in [9.17, 15) is 10.1 Å². The highest BCUT2D eigenvalue weighted by Crippen LogP contribution is 2.21. The lowest BCUT2D eigenvalue weighted by Gasteiger charge is -2.04. The summed E-state index contributed by atoms with van der Waals surface area (Å²) in [4.78, 5) is 10.5. The van der Waals surface area contributed by atoms with Gasteiger partial charge in [0.2, 0.25) is 0 Å². The second-order valence-electron chi connectivity index (χ2n) is 3.50. The highest BCUT2D eigenvalue weighted by Gasteiger charge is 2.10. The van der Waals surface area contributed by atoms with Gasteiger partial charge in [-0.3, -0.25) is 10.1 Å². The minimum Gasteiger partial charge on any atom is -0.316 e. The Hall–Kier alpha value is -1.68. The summed E-state index contributed by atoms with van der Waals surface area (Å²) in [6.45, 7) is 2.79. The summed E-state index contributed by atoms with van der Waals surface area (Å²) in [5, 5.41) is 13.9. The molecule has 1 aromatic carbocycles. The van der Waals surface area contributed by atoms with Crippen LogP contribution in [0.4, 0.5) is 5.69 Å². The molecule has 0 aliphatic carbocycles. The van der Waals surface area contributed by atoms with Crippen molar-refractivity contribution in [3.05, 3.63) is 45.5 Å². The van der Waals surface area contributed by atoms with Gasteiger partial charge in [-0.05, 0) is 25.6 Å². The van der Waals surface area contributed by atoms with Crippen molar-refractivity contribution in [2.75, 3.05) is 13.6 Å². The maximum absolute atomic E-state index is 10.8. The van der Waals surface area contributed by atoms with Gasteiger partial charge in [0.25, 0.3) is 5.69 Å². The lowest BCUT2D eigenvalue weighted by atomic mass is 10.1. The van der Waals surface area contributed by atoms with Crippen molar-refractivity contribution >= 4 is 11.8 Å². The maximum Gasteiger partial charge on any atom is 0.276 e. The number of nitro groups is 1. The number of nitrogens with zero attached hydrogens (tertiary/aromatic N) is 1. The van der Waals surface area contributed by atoms with Gasteiger partial charge in [0.1, 0.15) is 0 Å². The zero-order valence-electron chi connectivity index (χ0n) is 9.56. The van der Waals surface area contributed by atoms with E-state index in [1.807, 2.05) is 26.1 Å². The quantitative estimate of drug-likeness (QED) is 0.613. The first-order valence-electron chi connectivity index (χ1n) is 5.26. The van der Waals surface area contributed by atoms with Gasteiger partial charge in [-0.25, -0.2) is 0 Å². The Morgan fingerprint density at radius 1 is 1.50 bits per heavy atom. The van der Waals surface area contributed by atoms with E-state index in [0.717, 1.165) is 18.5 Å². The first-order valence-corrected chi connectivity index (χ1v) is 5.26. The molecular formula is C12H16N2O2. The lowest BCUT2D eigenvalue weighted by Crippen LogP contribution is -2.09. The van der Waals surface area contributed by atoms with Gasteiger partial charge in [-0.1, -0.05) is 24.6 Å². The van der Waals surface area contributed by atoms with Crippen LogP contribution in [0.2, 0.25) is 0 Å². The molecule has 4 heteroatoms. The fourth-order valence-corrected chi connectivity index (χ4v) is 1.50. The van der Waals surface area contributed by atoms with E-state index in [-0.39, 0.29) is 10.6 Å². The van der Waals surface area contributed by atoms with E-state index < -0.39 is 0 Å². The molecule has 16 heavy (non-hydrogen) atoms. The van der Waals surface area contributed by atoms with Crippen LogP contribution in [0, 0.1) is 10.1 Å². The number of nitro benzene ring substituents is 1. The maximum atomic E-state index is 10.8. The van der Waals surface area contributed by atoms with Crippen molar-refractivity contribution in [2.24, 2.45) is 0 Å². The molecule has 1 N–H and O–H groups in total. The minimum atomic E-state index is -0.349. The number of nitrogens with one attached hydrogen (secondary N) is 1. The van der Waals surface area contributed by atoms with Gasteiger partial charge in [0, 0.05) is 12.6 Å². The van der Waals surface area contributed by atoms with Crippen LogP contribution in [0.5, 0.6) is 0 Å². The number of hydrogen-bond acceptors (Lipinski definition) is 3. The zero-order valence-corrected chi connectivity index (χ0v) is 9.56. The summed E-state index contributed by atoms with van der Waals surface area (Å²) in [5.41, 5.74) is 1.97. The summed E-state index contributed by atoms with van der Waals surface area (Å²) < 4.78 is 0. The van der Waals surface area contributed by atoms with Gasteiger partial charge >= 0.3 is 0 Å². The fraction of sp³-hybridized carbons (Fsp3) is 0.333. The van der Waals surface area contributed by atoms with Crippen LogP contribution in [0.3, 0.4) is 0 Å². The number of hydrogen-bond donors (Lipinski definition) is 1. The van der Waals surface area contributed by atoms with E-state index in [4.69, 9.17) is 0 Å². The standard InChI is InChI=1S/C12H16N2O2/c1-3-10(9-13-2)8-11-6-4-5-7-12(11)14(15)16/h4-8,13H,3,9H2,1-2H3. The lowest BCUT2D eigenvalue weighted by molar-refractivity contribution is -0.385. The number of rotatable bonds is 5. The molecule has 0 atom stereocenters. The fourth-order valence-electron chi connectivity index (χ4n) is 1.50. The molecule has 0 radical (unpaired) electrons. The summed E-state index contributed by atoms with van der Waals surface area (Å²) in [6, 6.07) is 6.78. The molecule has 0 fully saturated rings. The normalized spacial score (nSPS) is 11.5. The Kier molecular flexibility index (Phi) is 4.66.